The van der Waals surface area contributed by atoms with Gasteiger partial charge in [0.2, 0.25) is 0 Å². The average molecular weight is 259 g/mol. The Balaban J connectivity index is 2.11. The van der Waals surface area contributed by atoms with Crippen molar-refractivity contribution >= 4 is 0 Å². The molecule has 104 valence electrons. The Bertz CT molecular complexity index is 450. The quantitative estimate of drug-likeness (QED) is 0.802. The Morgan fingerprint density at radius 3 is 2.42 bits per heavy atom. The summed E-state index contributed by atoms with van der Waals surface area (Å²) in [5.74, 6) is 0. The number of hydrogen-bond donors (Lipinski definition) is 2. The van der Waals surface area contributed by atoms with Gasteiger partial charge in [0, 0.05) is 12.0 Å². The minimum atomic E-state index is -0.703. The van der Waals surface area contributed by atoms with Crippen LogP contribution in [-0.4, -0.2) is 11.7 Å². The van der Waals surface area contributed by atoms with E-state index in [0.29, 0.717) is 6.54 Å². The number of benzene rings is 1. The number of nitrogens with two attached hydrogens (primary N) is 1. The maximum atomic E-state index is 11.6. The molecule has 2 aliphatic rings. The highest BCUT2D eigenvalue weighted by Crippen LogP contribution is 2.54. The first-order valence-electron chi connectivity index (χ1n) is 7.73. The van der Waals surface area contributed by atoms with Crippen LogP contribution < -0.4 is 5.73 Å². The Kier molecular flexibility index (Phi) is 3.40. The molecule has 2 nitrogen and oxygen atoms in total. The third kappa shape index (κ3) is 1.93. The van der Waals surface area contributed by atoms with E-state index in [1.807, 2.05) is 0 Å². The normalized spacial score (nSPS) is 29.8. The highest BCUT2D eigenvalue weighted by atomic mass is 16.3. The lowest BCUT2D eigenvalue weighted by molar-refractivity contribution is -0.0920. The standard InChI is InChI=1S/C17H25NO/c18-13-16(10-5-6-11-16)17(19)12-4-3-8-14-7-1-2-9-15(14)17/h1-2,7,9,19H,3-6,8,10-13,18H2. The van der Waals surface area contributed by atoms with Gasteiger partial charge in [-0.3, -0.25) is 0 Å². The fourth-order valence-corrected chi connectivity index (χ4v) is 4.36. The summed E-state index contributed by atoms with van der Waals surface area (Å²) in [5, 5.41) is 11.6. The first-order valence-corrected chi connectivity index (χ1v) is 7.73. The average Bonchev–Trinajstić information content (AvgIpc) is 2.88. The van der Waals surface area contributed by atoms with E-state index in [-0.39, 0.29) is 5.41 Å². The van der Waals surface area contributed by atoms with Crippen molar-refractivity contribution in [3.63, 3.8) is 0 Å². The van der Waals surface area contributed by atoms with Crippen molar-refractivity contribution in [2.24, 2.45) is 11.1 Å². The van der Waals surface area contributed by atoms with Crippen LogP contribution in [0.4, 0.5) is 0 Å². The van der Waals surface area contributed by atoms with Crippen LogP contribution in [0.3, 0.4) is 0 Å². The molecule has 19 heavy (non-hydrogen) atoms. The summed E-state index contributed by atoms with van der Waals surface area (Å²) in [4.78, 5) is 0. The summed E-state index contributed by atoms with van der Waals surface area (Å²) in [6.45, 7) is 0.609. The molecule has 0 amide bonds. The van der Waals surface area contributed by atoms with E-state index in [9.17, 15) is 5.11 Å². The first kappa shape index (κ1) is 13.1. The van der Waals surface area contributed by atoms with E-state index >= 15 is 0 Å². The van der Waals surface area contributed by atoms with Crippen LogP contribution in [0.1, 0.15) is 56.1 Å². The molecule has 1 aromatic rings. The smallest absolute Gasteiger partial charge is 0.0967 e. The lowest BCUT2D eigenvalue weighted by Gasteiger charge is -2.45. The molecule has 0 heterocycles. The molecule has 2 heteroatoms. The largest absolute Gasteiger partial charge is 0.385 e. The predicted molar refractivity (Wildman–Crippen MR) is 77.8 cm³/mol. The van der Waals surface area contributed by atoms with E-state index < -0.39 is 5.60 Å². The molecule has 1 saturated carbocycles. The van der Waals surface area contributed by atoms with Crippen LogP contribution in [0.25, 0.3) is 0 Å². The lowest BCUT2D eigenvalue weighted by atomic mass is 9.64. The van der Waals surface area contributed by atoms with E-state index in [4.69, 9.17) is 5.73 Å². The molecule has 0 spiro atoms. The van der Waals surface area contributed by atoms with Crippen molar-refractivity contribution in [1.29, 1.82) is 0 Å². The molecule has 3 rings (SSSR count). The third-order valence-electron chi connectivity index (χ3n) is 5.53. The van der Waals surface area contributed by atoms with Gasteiger partial charge in [-0.25, -0.2) is 0 Å². The van der Waals surface area contributed by atoms with Crippen molar-refractivity contribution in [1.82, 2.24) is 0 Å². The van der Waals surface area contributed by atoms with Gasteiger partial charge in [-0.05, 0) is 49.7 Å². The molecule has 1 aromatic carbocycles. The van der Waals surface area contributed by atoms with E-state index in [0.717, 1.165) is 32.1 Å². The summed E-state index contributed by atoms with van der Waals surface area (Å²) in [7, 11) is 0. The highest BCUT2D eigenvalue weighted by molar-refractivity contribution is 5.36. The molecular weight excluding hydrogens is 234 g/mol. The predicted octanol–water partition coefficient (Wildman–Crippen LogP) is 3.12. The van der Waals surface area contributed by atoms with Crippen molar-refractivity contribution in [2.75, 3.05) is 6.54 Å². The molecule has 0 bridgehead atoms. The molecular formula is C17H25NO. The maximum absolute atomic E-state index is 11.6. The van der Waals surface area contributed by atoms with Crippen LogP contribution in [0.2, 0.25) is 0 Å². The topological polar surface area (TPSA) is 46.2 Å². The molecule has 1 unspecified atom stereocenters. The summed E-state index contributed by atoms with van der Waals surface area (Å²) >= 11 is 0. The van der Waals surface area contributed by atoms with Gasteiger partial charge < -0.3 is 10.8 Å². The number of fused-ring (bicyclic) bond motifs is 1. The minimum Gasteiger partial charge on any atom is -0.385 e. The summed E-state index contributed by atoms with van der Waals surface area (Å²) in [5.41, 5.74) is 7.84. The molecule has 1 atom stereocenters. The zero-order chi connectivity index (χ0) is 13.3. The van der Waals surface area contributed by atoms with Crippen LogP contribution in [0, 0.1) is 5.41 Å². The van der Waals surface area contributed by atoms with E-state index in [2.05, 4.69) is 24.3 Å². The second-order valence-corrected chi connectivity index (χ2v) is 6.42. The van der Waals surface area contributed by atoms with Gasteiger partial charge >= 0.3 is 0 Å². The SMILES string of the molecule is NCC1(C2(O)CCCCc3ccccc32)CCCC1. The van der Waals surface area contributed by atoms with Gasteiger partial charge in [-0.2, -0.15) is 0 Å². The Morgan fingerprint density at radius 2 is 1.68 bits per heavy atom. The molecule has 0 radical (unpaired) electrons. The summed E-state index contributed by atoms with van der Waals surface area (Å²) in [6, 6.07) is 8.48. The summed E-state index contributed by atoms with van der Waals surface area (Å²) < 4.78 is 0. The lowest BCUT2D eigenvalue weighted by Crippen LogP contribution is -2.49. The second kappa shape index (κ2) is 4.92. The van der Waals surface area contributed by atoms with E-state index in [1.165, 1.54) is 30.4 Å². The van der Waals surface area contributed by atoms with Crippen molar-refractivity contribution in [2.45, 2.75) is 57.0 Å². The molecule has 2 aliphatic carbocycles. The van der Waals surface area contributed by atoms with Crippen molar-refractivity contribution in [3.8, 4) is 0 Å². The van der Waals surface area contributed by atoms with Crippen LogP contribution in [0.5, 0.6) is 0 Å². The van der Waals surface area contributed by atoms with Gasteiger partial charge in [0.05, 0.1) is 5.60 Å². The van der Waals surface area contributed by atoms with Gasteiger partial charge in [0.25, 0.3) is 0 Å². The Morgan fingerprint density at radius 1 is 1.00 bits per heavy atom. The minimum absolute atomic E-state index is 0.0898. The van der Waals surface area contributed by atoms with Gasteiger partial charge in [-0.15, -0.1) is 0 Å². The number of aryl methyl sites for hydroxylation is 1. The van der Waals surface area contributed by atoms with E-state index in [1.54, 1.807) is 0 Å². The highest BCUT2D eigenvalue weighted by Gasteiger charge is 2.52. The number of aliphatic hydroxyl groups is 1. The monoisotopic (exact) mass is 259 g/mol. The Labute approximate surface area is 116 Å². The van der Waals surface area contributed by atoms with Crippen LogP contribution >= 0.6 is 0 Å². The van der Waals surface area contributed by atoms with Crippen molar-refractivity contribution in [3.05, 3.63) is 35.4 Å². The van der Waals surface area contributed by atoms with Gasteiger partial charge in [0.1, 0.15) is 0 Å². The van der Waals surface area contributed by atoms with Crippen LogP contribution in [0.15, 0.2) is 24.3 Å². The van der Waals surface area contributed by atoms with Gasteiger partial charge in [-0.1, -0.05) is 37.1 Å². The number of hydrogen-bond acceptors (Lipinski definition) is 2. The fraction of sp³-hybridized carbons (Fsp3) is 0.647. The summed E-state index contributed by atoms with van der Waals surface area (Å²) in [6.07, 6.45) is 8.83. The van der Waals surface area contributed by atoms with Gasteiger partial charge in [0.15, 0.2) is 0 Å². The molecule has 0 aliphatic heterocycles. The fourth-order valence-electron chi connectivity index (χ4n) is 4.36. The first-order chi connectivity index (χ1) is 9.22. The zero-order valence-corrected chi connectivity index (χ0v) is 11.7. The Hall–Kier alpha value is -0.860. The zero-order valence-electron chi connectivity index (χ0n) is 11.7. The molecule has 0 saturated heterocycles. The molecule has 0 aromatic heterocycles. The van der Waals surface area contributed by atoms with Crippen LogP contribution in [-0.2, 0) is 12.0 Å². The van der Waals surface area contributed by atoms with Crippen molar-refractivity contribution < 1.29 is 5.11 Å². The maximum Gasteiger partial charge on any atom is 0.0967 e. The molecule has 1 fully saturated rings. The second-order valence-electron chi connectivity index (χ2n) is 6.42. The molecule has 3 N–H and O–H groups in total. The number of rotatable bonds is 2. The third-order valence-corrected chi connectivity index (χ3v) is 5.53.